The monoisotopic (exact) mass is 584 g/mol. The van der Waals surface area contributed by atoms with E-state index in [9.17, 15) is 9.90 Å². The molecule has 0 amide bonds. The minimum absolute atomic E-state index is 0.0258. The predicted octanol–water partition coefficient (Wildman–Crippen LogP) is 9.45. The van der Waals surface area contributed by atoms with Gasteiger partial charge in [-0.15, -0.1) is 0 Å². The van der Waals surface area contributed by atoms with Crippen molar-refractivity contribution >= 4 is 5.97 Å². The lowest BCUT2D eigenvalue weighted by molar-refractivity contribution is -0.156. The molecule has 5 unspecified atom stereocenters. The molecule has 1 N–H and O–H groups in total. The van der Waals surface area contributed by atoms with E-state index in [1.807, 2.05) is 32.9 Å². The fourth-order valence-corrected chi connectivity index (χ4v) is 9.97. The van der Waals surface area contributed by atoms with Crippen molar-refractivity contribution in [3.63, 3.8) is 0 Å². The van der Waals surface area contributed by atoms with Gasteiger partial charge < -0.3 is 14.6 Å². The fourth-order valence-electron chi connectivity index (χ4n) is 9.97. The molecule has 0 aromatic rings. The van der Waals surface area contributed by atoms with Gasteiger partial charge in [0.25, 0.3) is 0 Å². The number of rotatable bonds is 12. The molecular weight excluding hydrogens is 520 g/mol. The van der Waals surface area contributed by atoms with Gasteiger partial charge in [-0.25, -0.2) is 0 Å². The maximum absolute atomic E-state index is 11.9. The fraction of sp³-hybridized carbons (Fsp3) is 0.868. The predicted molar refractivity (Wildman–Crippen MR) is 173 cm³/mol. The highest BCUT2D eigenvalue weighted by atomic mass is 16.6. The third-order valence-electron chi connectivity index (χ3n) is 12.1. The molecule has 4 aliphatic rings. The summed E-state index contributed by atoms with van der Waals surface area (Å²) in [6, 6.07) is 0. The molecule has 0 saturated heterocycles. The number of hydrogen-bond donors (Lipinski definition) is 1. The van der Waals surface area contributed by atoms with Crippen molar-refractivity contribution < 1.29 is 19.4 Å². The van der Waals surface area contributed by atoms with Gasteiger partial charge in [-0.2, -0.15) is 0 Å². The highest BCUT2D eigenvalue weighted by Gasteiger charge is 2.59. The van der Waals surface area contributed by atoms with Crippen LogP contribution in [-0.4, -0.2) is 35.5 Å². The molecule has 4 rings (SSSR count). The van der Waals surface area contributed by atoms with E-state index >= 15 is 0 Å². The van der Waals surface area contributed by atoms with E-state index in [2.05, 4.69) is 40.7 Å². The zero-order valence-corrected chi connectivity index (χ0v) is 28.4. The summed E-state index contributed by atoms with van der Waals surface area (Å²) in [6.07, 6.45) is 21.4. The maximum Gasteiger partial charge on any atom is 0.308 e. The van der Waals surface area contributed by atoms with Crippen LogP contribution in [0.4, 0.5) is 0 Å². The van der Waals surface area contributed by atoms with E-state index in [1.165, 1.54) is 57.8 Å². The lowest BCUT2D eigenvalue weighted by atomic mass is 9.47. The maximum atomic E-state index is 11.9. The summed E-state index contributed by atoms with van der Waals surface area (Å²) in [7, 11) is 0. The third-order valence-corrected chi connectivity index (χ3v) is 12.1. The van der Waals surface area contributed by atoms with Gasteiger partial charge in [0, 0.05) is 0 Å². The highest BCUT2D eigenvalue weighted by molar-refractivity contribution is 5.70. The smallest absolute Gasteiger partial charge is 0.308 e. The van der Waals surface area contributed by atoms with Crippen LogP contribution in [0.2, 0.25) is 0 Å². The second-order valence-electron chi connectivity index (χ2n) is 16.6. The second-order valence-corrected chi connectivity index (χ2v) is 16.6. The molecule has 9 atom stereocenters. The lowest BCUT2D eigenvalue weighted by Gasteiger charge is -2.58. The van der Waals surface area contributed by atoms with Crippen molar-refractivity contribution in [1.82, 2.24) is 0 Å². The van der Waals surface area contributed by atoms with Crippen molar-refractivity contribution in [2.24, 2.45) is 46.3 Å². The van der Waals surface area contributed by atoms with Gasteiger partial charge >= 0.3 is 5.97 Å². The molecule has 0 aromatic heterocycles. The Hall–Kier alpha value is -1.13. The van der Waals surface area contributed by atoms with Crippen molar-refractivity contribution in [2.75, 3.05) is 6.61 Å². The van der Waals surface area contributed by atoms with Crippen molar-refractivity contribution in [3.8, 4) is 0 Å². The van der Waals surface area contributed by atoms with Crippen LogP contribution >= 0.6 is 0 Å². The normalized spacial score (nSPS) is 36.2. The zero-order valence-electron chi connectivity index (χ0n) is 28.4. The Morgan fingerprint density at radius 1 is 1.05 bits per heavy atom. The zero-order chi connectivity index (χ0) is 30.7. The van der Waals surface area contributed by atoms with Crippen LogP contribution in [0.5, 0.6) is 0 Å². The summed E-state index contributed by atoms with van der Waals surface area (Å²) < 4.78 is 11.6. The topological polar surface area (TPSA) is 55.8 Å². The first-order valence-corrected chi connectivity index (χ1v) is 17.6. The van der Waals surface area contributed by atoms with E-state index in [4.69, 9.17) is 9.47 Å². The van der Waals surface area contributed by atoms with Gasteiger partial charge in [-0.05, 0) is 125 Å². The Balaban J connectivity index is 1.26. The largest absolute Gasteiger partial charge is 0.460 e. The summed E-state index contributed by atoms with van der Waals surface area (Å²) in [6.45, 7) is 18.7. The number of aliphatic hydroxyl groups is 1. The standard InChI is InChI=1S/C38H64O4/c1-26(2)12-11-13-27(3)32-17-18-33-31-16-15-28-24-30(19-21-37(28,7)34(31)20-22-38(32,33)8)41-23-10-9-14-29(39)25-35(40)42-36(4,5)6/h9-10,15,26-27,29-34,39H,11-14,16-25H2,1-8H3/b10-9+/t27-,29?,30+,31?,32?,33?,34?,37+,38-/m1/s1. The summed E-state index contributed by atoms with van der Waals surface area (Å²) in [5, 5.41) is 10.2. The number of aliphatic hydroxyl groups excluding tert-OH is 1. The number of fused-ring (bicyclic) bond motifs is 5. The summed E-state index contributed by atoms with van der Waals surface area (Å²) in [5.74, 6) is 4.90. The molecule has 3 fully saturated rings. The summed E-state index contributed by atoms with van der Waals surface area (Å²) in [5.41, 5.74) is 2.06. The van der Waals surface area contributed by atoms with Crippen LogP contribution in [0.3, 0.4) is 0 Å². The quantitative estimate of drug-likeness (QED) is 0.183. The number of hydrogen-bond acceptors (Lipinski definition) is 4. The van der Waals surface area contributed by atoms with Gasteiger partial charge in [-0.1, -0.05) is 77.7 Å². The minimum Gasteiger partial charge on any atom is -0.460 e. The van der Waals surface area contributed by atoms with E-state index in [1.54, 1.807) is 5.57 Å². The van der Waals surface area contributed by atoms with Crippen LogP contribution in [0.1, 0.15) is 139 Å². The molecule has 0 radical (unpaired) electrons. The molecule has 240 valence electrons. The first-order chi connectivity index (χ1) is 19.7. The molecule has 0 spiro atoms. The molecule has 0 bridgehead atoms. The van der Waals surface area contributed by atoms with Gasteiger partial charge in [0.15, 0.2) is 0 Å². The molecule has 42 heavy (non-hydrogen) atoms. The molecule has 0 aliphatic heterocycles. The molecule has 3 saturated carbocycles. The second kappa shape index (κ2) is 13.9. The number of ether oxygens (including phenoxy) is 2. The average molecular weight is 585 g/mol. The van der Waals surface area contributed by atoms with E-state index < -0.39 is 11.7 Å². The number of carbonyl (C=O) groups is 1. The van der Waals surface area contributed by atoms with Crippen molar-refractivity contribution in [1.29, 1.82) is 0 Å². The van der Waals surface area contributed by atoms with Gasteiger partial charge in [0.2, 0.25) is 0 Å². The van der Waals surface area contributed by atoms with Gasteiger partial charge in [0.05, 0.1) is 25.2 Å². The Kier molecular flexibility index (Phi) is 11.2. The first kappa shape index (κ1) is 33.8. The number of carbonyl (C=O) groups excluding carboxylic acids is 1. The summed E-state index contributed by atoms with van der Waals surface area (Å²) >= 11 is 0. The van der Waals surface area contributed by atoms with Gasteiger partial charge in [-0.3, -0.25) is 4.79 Å². The molecule has 0 heterocycles. The summed E-state index contributed by atoms with van der Waals surface area (Å²) in [4.78, 5) is 11.9. The van der Waals surface area contributed by atoms with E-state index in [-0.39, 0.29) is 18.5 Å². The number of allylic oxidation sites excluding steroid dienone is 1. The van der Waals surface area contributed by atoms with Crippen LogP contribution in [0.25, 0.3) is 0 Å². The van der Waals surface area contributed by atoms with Crippen LogP contribution in [-0.2, 0) is 14.3 Å². The average Bonchev–Trinajstić information content (AvgIpc) is 3.24. The van der Waals surface area contributed by atoms with Gasteiger partial charge in [0.1, 0.15) is 5.60 Å². The van der Waals surface area contributed by atoms with Crippen LogP contribution < -0.4 is 0 Å². The molecular formula is C38H64O4. The van der Waals surface area contributed by atoms with E-state index in [0.29, 0.717) is 23.9 Å². The molecule has 4 heteroatoms. The van der Waals surface area contributed by atoms with E-state index in [0.717, 1.165) is 48.3 Å². The number of esters is 1. The van der Waals surface area contributed by atoms with Crippen molar-refractivity contribution in [2.45, 2.75) is 157 Å². The SMILES string of the molecule is CC(C)CCC[C@@H](C)C1CCC2C3CC=C4C[C@@H](OC/C=C/CC(O)CC(=O)OC(C)(C)C)CC[C@]4(C)C3CC[C@@]21C. The lowest BCUT2D eigenvalue weighted by Crippen LogP contribution is -2.51. The first-order valence-electron chi connectivity index (χ1n) is 17.6. The Bertz CT molecular complexity index is 959. The van der Waals surface area contributed by atoms with Crippen LogP contribution in [0, 0.1) is 46.3 Å². The Morgan fingerprint density at radius 3 is 2.52 bits per heavy atom. The molecule has 4 aliphatic carbocycles. The van der Waals surface area contributed by atoms with Crippen molar-refractivity contribution in [3.05, 3.63) is 23.8 Å². The Morgan fingerprint density at radius 2 is 1.81 bits per heavy atom. The molecule has 4 nitrogen and oxygen atoms in total. The Labute approximate surface area is 258 Å². The third kappa shape index (κ3) is 7.92. The highest BCUT2D eigenvalue weighted by Crippen LogP contribution is 2.67. The minimum atomic E-state index is -0.715. The molecule has 0 aromatic carbocycles. The van der Waals surface area contributed by atoms with Crippen LogP contribution in [0.15, 0.2) is 23.8 Å².